The summed E-state index contributed by atoms with van der Waals surface area (Å²) in [5.74, 6) is -0.929. The molecule has 0 unspecified atom stereocenters. The summed E-state index contributed by atoms with van der Waals surface area (Å²) in [7, 11) is 0. The average Bonchev–Trinajstić information content (AvgIpc) is 2.45. The molecular formula is C14H18ClF5N2. The molecule has 2 nitrogen and oxygen atoms in total. The van der Waals surface area contributed by atoms with Crippen molar-refractivity contribution in [2.24, 2.45) is 0 Å². The van der Waals surface area contributed by atoms with Crippen LogP contribution in [0.25, 0.3) is 0 Å². The summed E-state index contributed by atoms with van der Waals surface area (Å²) in [4.78, 5) is 1.90. The minimum Gasteiger partial charge on any atom is -0.314 e. The summed E-state index contributed by atoms with van der Waals surface area (Å²) < 4.78 is 64.5. The van der Waals surface area contributed by atoms with Gasteiger partial charge in [0, 0.05) is 37.8 Å². The van der Waals surface area contributed by atoms with Crippen LogP contribution in [0.5, 0.6) is 0 Å². The maximum absolute atomic E-state index is 14.0. The summed E-state index contributed by atoms with van der Waals surface area (Å²) in [6.07, 6.45) is -4.51. The zero-order valence-corrected chi connectivity index (χ0v) is 12.6. The van der Waals surface area contributed by atoms with E-state index in [1.54, 1.807) is 0 Å². The number of piperazine rings is 1. The van der Waals surface area contributed by atoms with Crippen LogP contribution in [0.1, 0.15) is 23.6 Å². The second kappa shape index (κ2) is 8.08. The zero-order valence-electron chi connectivity index (χ0n) is 11.8. The van der Waals surface area contributed by atoms with Crippen LogP contribution in [-0.4, -0.2) is 37.8 Å². The lowest BCUT2D eigenvalue weighted by Gasteiger charge is -2.35. The minimum atomic E-state index is -4.58. The van der Waals surface area contributed by atoms with Crippen LogP contribution in [0, 0.1) is 5.82 Å². The number of halogens is 6. The van der Waals surface area contributed by atoms with Crippen molar-refractivity contribution >= 4 is 12.4 Å². The number of alkyl halides is 4. The Hall–Kier alpha value is -0.920. The molecule has 0 aromatic heterocycles. The second-order valence-corrected chi connectivity index (χ2v) is 5.01. The van der Waals surface area contributed by atoms with E-state index >= 15 is 0 Å². The lowest BCUT2D eigenvalue weighted by atomic mass is 9.99. The Labute approximate surface area is 132 Å². The number of benzene rings is 1. The van der Waals surface area contributed by atoms with Gasteiger partial charge < -0.3 is 5.32 Å². The van der Waals surface area contributed by atoms with E-state index in [4.69, 9.17) is 0 Å². The van der Waals surface area contributed by atoms with Crippen molar-refractivity contribution in [1.82, 2.24) is 10.2 Å². The Morgan fingerprint density at radius 2 is 1.82 bits per heavy atom. The van der Waals surface area contributed by atoms with Crippen LogP contribution in [-0.2, 0) is 6.18 Å². The molecule has 1 fully saturated rings. The second-order valence-electron chi connectivity index (χ2n) is 5.01. The average molecular weight is 345 g/mol. The van der Waals surface area contributed by atoms with Crippen LogP contribution in [0.3, 0.4) is 0 Å². The van der Waals surface area contributed by atoms with Gasteiger partial charge in [-0.15, -0.1) is 12.4 Å². The molecule has 1 aromatic rings. The molecule has 1 heterocycles. The normalized spacial score (nSPS) is 17.9. The summed E-state index contributed by atoms with van der Waals surface area (Å²) in [5, 5.41) is 3.13. The van der Waals surface area contributed by atoms with Gasteiger partial charge in [-0.2, -0.15) is 13.2 Å². The number of hydrogen-bond acceptors (Lipinski definition) is 2. The molecule has 8 heteroatoms. The monoisotopic (exact) mass is 344 g/mol. The first-order valence-electron chi connectivity index (χ1n) is 6.81. The van der Waals surface area contributed by atoms with Crippen molar-refractivity contribution in [3.63, 3.8) is 0 Å². The first-order valence-corrected chi connectivity index (χ1v) is 6.81. The van der Waals surface area contributed by atoms with E-state index in [-0.39, 0.29) is 24.4 Å². The first-order chi connectivity index (χ1) is 9.93. The molecule has 1 aliphatic heterocycles. The van der Waals surface area contributed by atoms with Crippen LogP contribution < -0.4 is 5.32 Å². The van der Waals surface area contributed by atoms with Crippen molar-refractivity contribution in [3.8, 4) is 0 Å². The van der Waals surface area contributed by atoms with Crippen LogP contribution in [0.2, 0.25) is 0 Å². The van der Waals surface area contributed by atoms with E-state index in [1.807, 2.05) is 4.90 Å². The van der Waals surface area contributed by atoms with Crippen molar-refractivity contribution in [3.05, 3.63) is 35.1 Å². The Morgan fingerprint density at radius 3 is 2.32 bits per heavy atom. The van der Waals surface area contributed by atoms with E-state index < -0.39 is 30.3 Å². The summed E-state index contributed by atoms with van der Waals surface area (Å²) in [6.45, 7) is 1.99. The fourth-order valence-corrected chi connectivity index (χ4v) is 2.61. The molecule has 1 aliphatic rings. The molecule has 1 saturated heterocycles. The molecular weight excluding hydrogens is 327 g/mol. The van der Waals surface area contributed by atoms with Crippen molar-refractivity contribution in [2.45, 2.75) is 18.6 Å². The Morgan fingerprint density at radius 1 is 1.18 bits per heavy atom. The maximum atomic E-state index is 14.0. The number of rotatable bonds is 4. The van der Waals surface area contributed by atoms with Gasteiger partial charge in [-0.3, -0.25) is 9.29 Å². The topological polar surface area (TPSA) is 15.3 Å². The maximum Gasteiger partial charge on any atom is 0.416 e. The van der Waals surface area contributed by atoms with Gasteiger partial charge in [0.1, 0.15) is 5.82 Å². The zero-order chi connectivity index (χ0) is 15.5. The van der Waals surface area contributed by atoms with E-state index in [0.717, 1.165) is 12.1 Å². The summed E-state index contributed by atoms with van der Waals surface area (Å²) >= 11 is 0. The standard InChI is InChI=1S/C14H17F5N2.ClH/c15-4-3-13(21-7-5-20-6-8-21)11-2-1-10(9-12(11)16)14(17,18)19;/h1-2,9,13,20H,3-8H2;1H/t13-;/m1./s1. The first kappa shape index (κ1) is 19.1. The van der Waals surface area contributed by atoms with Gasteiger partial charge in [-0.05, 0) is 18.6 Å². The molecule has 0 radical (unpaired) electrons. The van der Waals surface area contributed by atoms with Crippen LogP contribution >= 0.6 is 12.4 Å². The van der Waals surface area contributed by atoms with E-state index in [1.165, 1.54) is 0 Å². The largest absolute Gasteiger partial charge is 0.416 e. The Bertz CT molecular complexity index is 475. The van der Waals surface area contributed by atoms with Crippen molar-refractivity contribution in [2.75, 3.05) is 32.9 Å². The van der Waals surface area contributed by atoms with Gasteiger partial charge in [-0.25, -0.2) is 4.39 Å². The van der Waals surface area contributed by atoms with Gasteiger partial charge >= 0.3 is 6.18 Å². The van der Waals surface area contributed by atoms with Crippen LogP contribution in [0.4, 0.5) is 22.0 Å². The molecule has 1 N–H and O–H groups in total. The number of nitrogens with one attached hydrogen (secondary N) is 1. The third-order valence-corrected chi connectivity index (χ3v) is 3.66. The molecule has 2 rings (SSSR count). The molecule has 22 heavy (non-hydrogen) atoms. The lowest BCUT2D eigenvalue weighted by molar-refractivity contribution is -0.137. The van der Waals surface area contributed by atoms with E-state index in [0.29, 0.717) is 32.2 Å². The van der Waals surface area contributed by atoms with Gasteiger partial charge in [0.2, 0.25) is 0 Å². The number of hydrogen-bond donors (Lipinski definition) is 1. The number of nitrogens with zero attached hydrogens (tertiary/aromatic N) is 1. The lowest BCUT2D eigenvalue weighted by Crippen LogP contribution is -2.45. The third-order valence-electron chi connectivity index (χ3n) is 3.66. The fourth-order valence-electron chi connectivity index (χ4n) is 2.61. The third kappa shape index (κ3) is 4.54. The molecule has 1 aromatic carbocycles. The summed E-state index contributed by atoms with van der Waals surface area (Å²) in [5.41, 5.74) is -0.898. The fraction of sp³-hybridized carbons (Fsp3) is 0.571. The summed E-state index contributed by atoms with van der Waals surface area (Å²) in [6, 6.07) is 1.94. The Kier molecular flexibility index (Phi) is 7.02. The quantitative estimate of drug-likeness (QED) is 0.840. The molecule has 0 bridgehead atoms. The molecule has 0 spiro atoms. The predicted molar refractivity (Wildman–Crippen MR) is 76.4 cm³/mol. The van der Waals surface area contributed by atoms with Crippen LogP contribution in [0.15, 0.2) is 18.2 Å². The van der Waals surface area contributed by atoms with Gasteiger partial charge in [-0.1, -0.05) is 6.07 Å². The van der Waals surface area contributed by atoms with E-state index in [9.17, 15) is 22.0 Å². The highest BCUT2D eigenvalue weighted by atomic mass is 35.5. The molecule has 0 aliphatic carbocycles. The highest BCUT2D eigenvalue weighted by Gasteiger charge is 2.32. The van der Waals surface area contributed by atoms with Crippen molar-refractivity contribution < 1.29 is 22.0 Å². The predicted octanol–water partition coefficient (Wildman–Crippen LogP) is 3.57. The van der Waals surface area contributed by atoms with Gasteiger partial charge in [0.15, 0.2) is 0 Å². The highest BCUT2D eigenvalue weighted by molar-refractivity contribution is 5.85. The molecule has 0 amide bonds. The van der Waals surface area contributed by atoms with Gasteiger partial charge in [0.25, 0.3) is 0 Å². The smallest absolute Gasteiger partial charge is 0.314 e. The van der Waals surface area contributed by atoms with Crippen molar-refractivity contribution in [1.29, 1.82) is 0 Å². The Balaban J connectivity index is 0.00000242. The van der Waals surface area contributed by atoms with E-state index in [2.05, 4.69) is 5.32 Å². The molecule has 0 saturated carbocycles. The minimum absolute atomic E-state index is 0. The molecule has 126 valence electrons. The SMILES string of the molecule is Cl.FCC[C@H](c1ccc(C(F)(F)F)cc1F)N1CCNCC1. The molecule has 1 atom stereocenters. The van der Waals surface area contributed by atoms with Gasteiger partial charge in [0.05, 0.1) is 12.2 Å². The highest BCUT2D eigenvalue weighted by Crippen LogP contribution is 2.33.